The molecule has 2 heterocycles. The van der Waals surface area contributed by atoms with Crippen molar-refractivity contribution in [3.63, 3.8) is 0 Å². The minimum absolute atomic E-state index is 0.581. The lowest BCUT2D eigenvalue weighted by atomic mass is 9.95. The maximum atomic E-state index is 10.9. The molecule has 5 heteroatoms. The van der Waals surface area contributed by atoms with Gasteiger partial charge in [-0.3, -0.25) is 4.90 Å². The van der Waals surface area contributed by atoms with Gasteiger partial charge in [0.15, 0.2) is 0 Å². The lowest BCUT2D eigenvalue weighted by Gasteiger charge is -2.34. The molecule has 0 bridgehead atoms. The highest BCUT2D eigenvalue weighted by Gasteiger charge is 2.29. The summed E-state index contributed by atoms with van der Waals surface area (Å²) in [6.45, 7) is 4.91. The Kier molecular flexibility index (Phi) is 4.57. The molecule has 0 spiro atoms. The van der Waals surface area contributed by atoms with Gasteiger partial charge in [-0.05, 0) is 18.1 Å². The van der Waals surface area contributed by atoms with E-state index in [9.17, 15) is 5.11 Å². The summed E-state index contributed by atoms with van der Waals surface area (Å²) in [6, 6.07) is 20.2. The predicted molar refractivity (Wildman–Crippen MR) is 101 cm³/mol. The van der Waals surface area contributed by atoms with Gasteiger partial charge >= 0.3 is 0 Å². The summed E-state index contributed by atoms with van der Waals surface area (Å²) in [6.07, 6.45) is 0.801. The Hall–Kier alpha value is -2.50. The molecule has 5 nitrogen and oxygen atoms in total. The molecule has 1 aliphatic heterocycles. The van der Waals surface area contributed by atoms with E-state index in [1.807, 2.05) is 43.3 Å². The summed E-state index contributed by atoms with van der Waals surface area (Å²) >= 11 is 0. The molecule has 1 N–H and O–H groups in total. The molecular weight excluding hydrogens is 324 g/mol. The maximum absolute atomic E-state index is 10.9. The van der Waals surface area contributed by atoms with Crippen LogP contribution in [0.25, 0.3) is 0 Å². The zero-order valence-electron chi connectivity index (χ0n) is 15.0. The number of aromatic nitrogens is 3. The number of aliphatic hydroxyl groups is 1. The van der Waals surface area contributed by atoms with E-state index in [0.29, 0.717) is 13.1 Å². The molecule has 2 aromatic carbocycles. The van der Waals surface area contributed by atoms with Crippen LogP contribution in [0.4, 0.5) is 0 Å². The molecule has 0 radical (unpaired) electrons. The van der Waals surface area contributed by atoms with Crippen molar-refractivity contribution in [2.75, 3.05) is 13.1 Å². The molecular formula is C21H24N4O. The Labute approximate surface area is 153 Å². The van der Waals surface area contributed by atoms with Crippen LogP contribution in [0, 0.1) is 0 Å². The molecule has 1 aliphatic rings. The second-order valence-electron chi connectivity index (χ2n) is 7.20. The fourth-order valence-electron chi connectivity index (χ4n) is 3.64. The molecule has 0 saturated heterocycles. The van der Waals surface area contributed by atoms with Gasteiger partial charge in [0.05, 0.1) is 12.1 Å². The highest BCUT2D eigenvalue weighted by Crippen LogP contribution is 2.24. The standard InChI is InChI=1S/C21H24N4O/c1-21(26,18-10-6-3-7-11-18)16-24-12-13-25-19(22-23-20(25)15-24)14-17-8-4-2-5-9-17/h2-11,26H,12-16H2,1H3. The lowest BCUT2D eigenvalue weighted by molar-refractivity contribution is 0.00732. The van der Waals surface area contributed by atoms with Gasteiger partial charge in [-0.25, -0.2) is 0 Å². The van der Waals surface area contributed by atoms with Crippen molar-refractivity contribution in [2.24, 2.45) is 0 Å². The summed E-state index contributed by atoms with van der Waals surface area (Å²) in [5.41, 5.74) is 1.31. The number of β-amino-alcohol motifs (C(OH)–C–C–N with tert-alkyl or cyclic N) is 1. The minimum Gasteiger partial charge on any atom is -0.384 e. The third kappa shape index (κ3) is 3.54. The van der Waals surface area contributed by atoms with E-state index >= 15 is 0 Å². The lowest BCUT2D eigenvalue weighted by Crippen LogP contribution is -2.43. The highest BCUT2D eigenvalue weighted by molar-refractivity contribution is 5.22. The predicted octanol–water partition coefficient (Wildman–Crippen LogP) is 2.59. The van der Waals surface area contributed by atoms with E-state index in [0.717, 1.165) is 36.7 Å². The molecule has 26 heavy (non-hydrogen) atoms. The number of benzene rings is 2. The normalized spacial score (nSPS) is 16.8. The van der Waals surface area contributed by atoms with E-state index in [1.165, 1.54) is 5.56 Å². The number of fused-ring (bicyclic) bond motifs is 1. The van der Waals surface area contributed by atoms with Crippen LogP contribution in [0.3, 0.4) is 0 Å². The first-order valence-electron chi connectivity index (χ1n) is 9.07. The summed E-state index contributed by atoms with van der Waals surface area (Å²) in [4.78, 5) is 2.25. The van der Waals surface area contributed by atoms with Gasteiger partial charge in [0.1, 0.15) is 11.6 Å². The highest BCUT2D eigenvalue weighted by atomic mass is 16.3. The van der Waals surface area contributed by atoms with Crippen LogP contribution in [-0.2, 0) is 25.1 Å². The van der Waals surface area contributed by atoms with E-state index in [-0.39, 0.29) is 0 Å². The molecule has 1 atom stereocenters. The van der Waals surface area contributed by atoms with Gasteiger partial charge in [-0.1, -0.05) is 60.7 Å². The Bertz CT molecular complexity index is 858. The smallest absolute Gasteiger partial charge is 0.147 e. The minimum atomic E-state index is -0.879. The van der Waals surface area contributed by atoms with E-state index < -0.39 is 5.60 Å². The van der Waals surface area contributed by atoms with Gasteiger partial charge in [-0.2, -0.15) is 0 Å². The molecule has 0 amide bonds. The van der Waals surface area contributed by atoms with E-state index in [2.05, 4.69) is 43.9 Å². The van der Waals surface area contributed by atoms with Crippen molar-refractivity contribution in [3.05, 3.63) is 83.4 Å². The van der Waals surface area contributed by atoms with Crippen LogP contribution in [0.15, 0.2) is 60.7 Å². The quantitative estimate of drug-likeness (QED) is 0.770. The van der Waals surface area contributed by atoms with Crippen LogP contribution in [0.2, 0.25) is 0 Å². The fourth-order valence-corrected chi connectivity index (χ4v) is 3.64. The monoisotopic (exact) mass is 348 g/mol. The van der Waals surface area contributed by atoms with Crippen molar-refractivity contribution >= 4 is 0 Å². The first-order chi connectivity index (χ1) is 12.6. The first kappa shape index (κ1) is 16.9. The third-order valence-electron chi connectivity index (χ3n) is 5.04. The van der Waals surface area contributed by atoms with Gasteiger partial charge in [0, 0.05) is 26.1 Å². The topological polar surface area (TPSA) is 54.2 Å². The Morgan fingerprint density at radius 3 is 2.38 bits per heavy atom. The average Bonchev–Trinajstić information content (AvgIpc) is 3.05. The van der Waals surface area contributed by atoms with Gasteiger partial charge in [-0.15, -0.1) is 10.2 Å². The molecule has 0 saturated carbocycles. The van der Waals surface area contributed by atoms with Crippen LogP contribution < -0.4 is 0 Å². The summed E-state index contributed by atoms with van der Waals surface area (Å²) in [7, 11) is 0. The maximum Gasteiger partial charge on any atom is 0.147 e. The molecule has 3 aromatic rings. The molecule has 0 aliphatic carbocycles. The third-order valence-corrected chi connectivity index (χ3v) is 5.04. The molecule has 134 valence electrons. The molecule has 0 fully saturated rings. The Balaban J connectivity index is 1.46. The largest absolute Gasteiger partial charge is 0.384 e. The van der Waals surface area contributed by atoms with Crippen molar-refractivity contribution in [1.82, 2.24) is 19.7 Å². The Morgan fingerprint density at radius 2 is 1.65 bits per heavy atom. The van der Waals surface area contributed by atoms with Gasteiger partial charge < -0.3 is 9.67 Å². The number of rotatable bonds is 5. The molecule has 4 rings (SSSR count). The van der Waals surface area contributed by atoms with Crippen molar-refractivity contribution in [1.29, 1.82) is 0 Å². The second-order valence-corrected chi connectivity index (χ2v) is 7.20. The second kappa shape index (κ2) is 7.02. The zero-order chi connectivity index (χ0) is 18.0. The van der Waals surface area contributed by atoms with Gasteiger partial charge in [0.25, 0.3) is 0 Å². The van der Waals surface area contributed by atoms with E-state index in [1.54, 1.807) is 0 Å². The summed E-state index contributed by atoms with van der Waals surface area (Å²) in [5, 5.41) is 19.7. The number of hydrogen-bond donors (Lipinski definition) is 1. The summed E-state index contributed by atoms with van der Waals surface area (Å²) < 4.78 is 2.22. The van der Waals surface area contributed by atoms with Crippen molar-refractivity contribution in [2.45, 2.75) is 32.0 Å². The first-order valence-corrected chi connectivity index (χ1v) is 9.07. The number of nitrogens with zero attached hydrogens (tertiary/aromatic N) is 4. The van der Waals surface area contributed by atoms with Crippen LogP contribution in [0.5, 0.6) is 0 Å². The fraction of sp³-hybridized carbons (Fsp3) is 0.333. The van der Waals surface area contributed by atoms with Crippen LogP contribution in [-0.4, -0.2) is 37.9 Å². The van der Waals surface area contributed by atoms with Crippen molar-refractivity contribution < 1.29 is 5.11 Å². The average molecular weight is 348 g/mol. The van der Waals surface area contributed by atoms with Crippen molar-refractivity contribution in [3.8, 4) is 0 Å². The van der Waals surface area contributed by atoms with Gasteiger partial charge in [0.2, 0.25) is 0 Å². The molecule has 1 unspecified atom stereocenters. The van der Waals surface area contributed by atoms with Crippen LogP contribution in [0.1, 0.15) is 29.7 Å². The van der Waals surface area contributed by atoms with Crippen LogP contribution >= 0.6 is 0 Å². The SMILES string of the molecule is CC(O)(CN1CCn2c(Cc3ccccc3)nnc2C1)c1ccccc1. The Morgan fingerprint density at radius 1 is 0.962 bits per heavy atom. The summed E-state index contributed by atoms with van der Waals surface area (Å²) in [5.74, 6) is 1.99. The number of hydrogen-bond acceptors (Lipinski definition) is 4. The zero-order valence-corrected chi connectivity index (χ0v) is 15.0. The van der Waals surface area contributed by atoms with E-state index in [4.69, 9.17) is 0 Å². The molecule has 1 aromatic heterocycles.